The van der Waals surface area contributed by atoms with Crippen molar-refractivity contribution in [2.24, 2.45) is 0 Å². The molecule has 30 heavy (non-hydrogen) atoms. The highest BCUT2D eigenvalue weighted by Gasteiger charge is 2.11. The average Bonchev–Trinajstić information content (AvgIpc) is 2.79. The molecule has 0 saturated heterocycles. The lowest BCUT2D eigenvalue weighted by Gasteiger charge is -2.10. The van der Waals surface area contributed by atoms with Crippen LogP contribution in [0.2, 0.25) is 0 Å². The number of fused-ring (bicyclic) bond motifs is 1. The van der Waals surface area contributed by atoms with E-state index in [1.165, 1.54) is 0 Å². The number of nitrogens with one attached hydrogen (secondary N) is 2. The van der Waals surface area contributed by atoms with Crippen molar-refractivity contribution in [3.63, 3.8) is 0 Å². The number of pyridine rings is 1. The lowest BCUT2D eigenvalue weighted by molar-refractivity contribution is 0.101. The van der Waals surface area contributed by atoms with Crippen LogP contribution in [0, 0.1) is 0 Å². The van der Waals surface area contributed by atoms with E-state index in [0.29, 0.717) is 28.4 Å². The number of hydrogen-bond acceptors (Lipinski definition) is 4. The van der Waals surface area contributed by atoms with E-state index in [4.69, 9.17) is 4.74 Å². The van der Waals surface area contributed by atoms with Crippen molar-refractivity contribution >= 4 is 34.1 Å². The van der Waals surface area contributed by atoms with Crippen molar-refractivity contribution in [2.45, 2.75) is 0 Å². The van der Waals surface area contributed by atoms with E-state index >= 15 is 0 Å². The zero-order valence-corrected chi connectivity index (χ0v) is 16.3. The Labute approximate surface area is 173 Å². The van der Waals surface area contributed by atoms with Crippen LogP contribution in [-0.2, 0) is 0 Å². The Bertz CT molecular complexity index is 1220. The minimum atomic E-state index is -0.313. The summed E-state index contributed by atoms with van der Waals surface area (Å²) < 4.78 is 5.25. The second kappa shape index (κ2) is 8.45. The summed E-state index contributed by atoms with van der Waals surface area (Å²) in [5, 5.41) is 6.60. The third-order valence-corrected chi connectivity index (χ3v) is 4.59. The number of rotatable bonds is 5. The number of carbonyl (C=O) groups excluding carboxylic acids is 2. The second-order valence-corrected chi connectivity index (χ2v) is 6.58. The van der Waals surface area contributed by atoms with Crippen LogP contribution in [0.25, 0.3) is 10.9 Å². The van der Waals surface area contributed by atoms with Crippen LogP contribution >= 0.6 is 0 Å². The molecular weight excluding hydrogens is 378 g/mol. The molecule has 0 unspecified atom stereocenters. The van der Waals surface area contributed by atoms with E-state index in [-0.39, 0.29) is 11.8 Å². The van der Waals surface area contributed by atoms with Gasteiger partial charge in [-0.25, -0.2) is 4.98 Å². The van der Waals surface area contributed by atoms with Crippen LogP contribution in [0.3, 0.4) is 0 Å². The molecule has 0 fully saturated rings. The fourth-order valence-corrected chi connectivity index (χ4v) is 3.03. The van der Waals surface area contributed by atoms with Gasteiger partial charge >= 0.3 is 0 Å². The van der Waals surface area contributed by atoms with Gasteiger partial charge in [-0.05, 0) is 48.5 Å². The highest BCUT2D eigenvalue weighted by atomic mass is 16.5. The molecule has 2 amide bonds. The predicted octanol–water partition coefficient (Wildman–Crippen LogP) is 4.75. The molecule has 0 saturated carbocycles. The van der Waals surface area contributed by atoms with Gasteiger partial charge in [0.1, 0.15) is 11.4 Å². The molecule has 1 heterocycles. The molecule has 148 valence electrons. The van der Waals surface area contributed by atoms with Crippen LogP contribution in [0.15, 0.2) is 84.9 Å². The quantitative estimate of drug-likeness (QED) is 0.509. The number of hydrogen-bond donors (Lipinski definition) is 2. The Kier molecular flexibility index (Phi) is 5.39. The van der Waals surface area contributed by atoms with E-state index in [1.54, 1.807) is 49.6 Å². The number of methoxy groups -OCH3 is 1. The van der Waals surface area contributed by atoms with Gasteiger partial charge in [-0.3, -0.25) is 9.59 Å². The van der Waals surface area contributed by atoms with Crippen LogP contribution in [-0.4, -0.2) is 23.9 Å². The van der Waals surface area contributed by atoms with Crippen molar-refractivity contribution in [1.82, 2.24) is 4.98 Å². The maximum Gasteiger partial charge on any atom is 0.274 e. The summed E-state index contributed by atoms with van der Waals surface area (Å²) in [5.41, 5.74) is 2.71. The summed E-state index contributed by atoms with van der Waals surface area (Å²) in [5.74, 6) is -0.00170. The largest absolute Gasteiger partial charge is 0.495 e. The molecular formula is C24H19N3O3. The van der Waals surface area contributed by atoms with E-state index in [1.807, 2.05) is 42.5 Å². The maximum absolute atomic E-state index is 12.5. The van der Waals surface area contributed by atoms with Crippen LogP contribution in [0.4, 0.5) is 11.4 Å². The fraction of sp³-hybridized carbons (Fsp3) is 0.0417. The summed E-state index contributed by atoms with van der Waals surface area (Å²) in [6, 6.07) is 25.0. The van der Waals surface area contributed by atoms with Crippen molar-refractivity contribution in [1.29, 1.82) is 0 Å². The minimum Gasteiger partial charge on any atom is -0.495 e. The Morgan fingerprint density at radius 2 is 1.50 bits per heavy atom. The second-order valence-electron chi connectivity index (χ2n) is 6.58. The number of nitrogens with zero attached hydrogens (tertiary/aromatic N) is 1. The maximum atomic E-state index is 12.5. The van der Waals surface area contributed by atoms with Crippen molar-refractivity contribution in [3.8, 4) is 5.75 Å². The van der Waals surface area contributed by atoms with Gasteiger partial charge < -0.3 is 15.4 Å². The molecule has 0 aliphatic rings. The lowest BCUT2D eigenvalue weighted by Crippen LogP contribution is -2.15. The molecule has 0 aliphatic heterocycles. The molecule has 4 rings (SSSR count). The molecule has 6 nitrogen and oxygen atoms in total. The Hall–Kier alpha value is -4.19. The van der Waals surface area contributed by atoms with Crippen molar-refractivity contribution in [3.05, 3.63) is 96.2 Å². The SMILES string of the molecule is COc1ccccc1NC(=O)c1ccc(NC(=O)c2ccc3ccccc3n2)cc1. The first kappa shape index (κ1) is 19.1. The molecule has 0 atom stereocenters. The standard InChI is InChI=1S/C24H19N3O3/c1-30-22-9-5-4-8-20(22)27-23(28)17-10-13-18(14-11-17)25-24(29)21-15-12-16-6-2-3-7-19(16)26-21/h2-15H,1H3,(H,25,29)(H,27,28). The van der Waals surface area contributed by atoms with E-state index in [2.05, 4.69) is 15.6 Å². The zero-order valence-electron chi connectivity index (χ0n) is 16.3. The third kappa shape index (κ3) is 4.12. The molecule has 0 radical (unpaired) electrons. The van der Waals surface area contributed by atoms with Gasteiger partial charge in [0, 0.05) is 16.6 Å². The minimum absolute atomic E-state index is 0.270. The van der Waals surface area contributed by atoms with E-state index in [0.717, 1.165) is 10.9 Å². The summed E-state index contributed by atoms with van der Waals surface area (Å²) in [6.07, 6.45) is 0. The Balaban J connectivity index is 1.45. The first-order valence-corrected chi connectivity index (χ1v) is 9.35. The molecule has 4 aromatic rings. The first-order chi connectivity index (χ1) is 14.6. The van der Waals surface area contributed by atoms with Crippen LogP contribution < -0.4 is 15.4 Å². The number of carbonyl (C=O) groups is 2. The normalized spacial score (nSPS) is 10.4. The Morgan fingerprint density at radius 3 is 2.30 bits per heavy atom. The average molecular weight is 397 g/mol. The molecule has 2 N–H and O–H groups in total. The van der Waals surface area contributed by atoms with Gasteiger partial charge in [0.05, 0.1) is 18.3 Å². The van der Waals surface area contributed by atoms with Crippen LogP contribution in [0.5, 0.6) is 5.75 Å². The fourth-order valence-electron chi connectivity index (χ4n) is 3.03. The number of aromatic nitrogens is 1. The number of benzene rings is 3. The van der Waals surface area contributed by atoms with E-state index in [9.17, 15) is 9.59 Å². The van der Waals surface area contributed by atoms with Gasteiger partial charge in [-0.1, -0.05) is 36.4 Å². The zero-order chi connectivity index (χ0) is 20.9. The van der Waals surface area contributed by atoms with Gasteiger partial charge in [0.25, 0.3) is 11.8 Å². The number of amides is 2. The molecule has 3 aromatic carbocycles. The topological polar surface area (TPSA) is 80.3 Å². The molecule has 6 heteroatoms. The van der Waals surface area contributed by atoms with Gasteiger partial charge in [-0.15, -0.1) is 0 Å². The lowest BCUT2D eigenvalue weighted by atomic mass is 10.1. The summed E-state index contributed by atoms with van der Waals surface area (Å²) in [6.45, 7) is 0. The molecule has 0 aliphatic carbocycles. The van der Waals surface area contributed by atoms with Gasteiger partial charge in [-0.2, -0.15) is 0 Å². The Morgan fingerprint density at radius 1 is 0.767 bits per heavy atom. The molecule has 1 aromatic heterocycles. The first-order valence-electron chi connectivity index (χ1n) is 9.35. The van der Waals surface area contributed by atoms with Gasteiger partial charge in [0.15, 0.2) is 0 Å². The monoisotopic (exact) mass is 397 g/mol. The van der Waals surface area contributed by atoms with Crippen LogP contribution in [0.1, 0.15) is 20.8 Å². The van der Waals surface area contributed by atoms with Gasteiger partial charge in [0.2, 0.25) is 0 Å². The van der Waals surface area contributed by atoms with E-state index < -0.39 is 0 Å². The summed E-state index contributed by atoms with van der Waals surface area (Å²) >= 11 is 0. The summed E-state index contributed by atoms with van der Waals surface area (Å²) in [4.78, 5) is 29.4. The number of anilines is 2. The van der Waals surface area contributed by atoms with Crippen molar-refractivity contribution in [2.75, 3.05) is 17.7 Å². The van der Waals surface area contributed by atoms with Crippen molar-refractivity contribution < 1.29 is 14.3 Å². The number of para-hydroxylation sites is 3. The predicted molar refractivity (Wildman–Crippen MR) is 117 cm³/mol. The molecule has 0 bridgehead atoms. The molecule has 0 spiro atoms. The number of ether oxygens (including phenoxy) is 1. The smallest absolute Gasteiger partial charge is 0.274 e. The third-order valence-electron chi connectivity index (χ3n) is 4.59. The highest BCUT2D eigenvalue weighted by molar-refractivity contribution is 6.06. The highest BCUT2D eigenvalue weighted by Crippen LogP contribution is 2.24. The summed E-state index contributed by atoms with van der Waals surface area (Å²) in [7, 11) is 1.55.